The van der Waals surface area contributed by atoms with Crippen LogP contribution in [-0.2, 0) is 0 Å². The van der Waals surface area contributed by atoms with Crippen molar-refractivity contribution >= 4 is 0 Å². The van der Waals surface area contributed by atoms with E-state index in [0.717, 1.165) is 23.7 Å². The third kappa shape index (κ3) is 0.315. The molecule has 0 aromatic heterocycles. The molecular formula is C15H12. The average Bonchev–Trinajstić information content (AvgIpc) is 3.03. The smallest absolute Gasteiger partial charge is 0.00555 e. The van der Waals surface area contributed by atoms with Gasteiger partial charge in [-0.1, -0.05) is 0 Å². The Kier molecular flexibility index (Phi) is 0.448. The van der Waals surface area contributed by atoms with Crippen LogP contribution in [0.2, 0.25) is 0 Å². The van der Waals surface area contributed by atoms with Crippen LogP contribution in [0.4, 0.5) is 0 Å². The quantitative estimate of drug-likeness (QED) is 0.514. The van der Waals surface area contributed by atoms with Crippen molar-refractivity contribution in [3.63, 3.8) is 0 Å². The van der Waals surface area contributed by atoms with Crippen LogP contribution in [0.3, 0.4) is 0 Å². The first kappa shape index (κ1) is 5.73. The Morgan fingerprint density at radius 2 is 0.733 bits per heavy atom. The number of hydrogen-bond donors (Lipinski definition) is 0. The van der Waals surface area contributed by atoms with Crippen LogP contribution >= 0.6 is 0 Å². The molecule has 0 unspecified atom stereocenters. The number of hydrogen-bond acceptors (Lipinski definition) is 0. The summed E-state index contributed by atoms with van der Waals surface area (Å²) in [5, 5.41) is 0. The molecule has 0 amide bonds. The maximum Gasteiger partial charge on any atom is -0.00555 e. The lowest BCUT2D eigenvalue weighted by Gasteiger charge is -2.03. The van der Waals surface area contributed by atoms with Crippen molar-refractivity contribution in [1.82, 2.24) is 0 Å². The number of allylic oxidation sites excluding steroid dienone is 1. The molecule has 0 aromatic rings. The molecular weight excluding hydrogens is 180 g/mol. The van der Waals surface area contributed by atoms with Crippen molar-refractivity contribution in [2.75, 3.05) is 0 Å². The molecule has 10 rings (SSSR count). The molecule has 0 saturated heterocycles. The summed E-state index contributed by atoms with van der Waals surface area (Å²) in [7, 11) is 0. The average molecular weight is 192 g/mol. The van der Waals surface area contributed by atoms with Crippen LogP contribution in [-0.4, -0.2) is 0 Å². The highest BCUT2D eigenvalue weighted by Crippen LogP contribution is 2.95. The van der Waals surface area contributed by atoms with Gasteiger partial charge in [0.25, 0.3) is 0 Å². The van der Waals surface area contributed by atoms with E-state index in [0.29, 0.717) is 0 Å². The van der Waals surface area contributed by atoms with Gasteiger partial charge >= 0.3 is 0 Å². The SMILES string of the molecule is C(=C1C2C3C2C2C1C32)=C1C2C3C2C2C1C32. The summed E-state index contributed by atoms with van der Waals surface area (Å²) in [6.07, 6.45) is 0. The van der Waals surface area contributed by atoms with Gasteiger partial charge in [0.2, 0.25) is 0 Å². The second kappa shape index (κ2) is 1.17. The number of rotatable bonds is 0. The molecule has 0 N–H and O–H groups in total. The normalized spacial score (nSPS) is 91.5. The Hall–Kier alpha value is -0.480. The summed E-state index contributed by atoms with van der Waals surface area (Å²) in [6.45, 7) is 0. The lowest BCUT2D eigenvalue weighted by Crippen LogP contribution is -2.00. The van der Waals surface area contributed by atoms with Crippen molar-refractivity contribution in [3.05, 3.63) is 16.9 Å². The molecule has 0 heterocycles. The van der Waals surface area contributed by atoms with Gasteiger partial charge in [0.15, 0.2) is 0 Å². The standard InChI is InChI=1S/C15H12/c1(2-4-8-9(4)11-5(2)10(8)11)3-6-12-13(6)15-7(3)14(12)15/h4-15H. The molecule has 10 saturated carbocycles. The Balaban J connectivity index is 1.47. The zero-order valence-corrected chi connectivity index (χ0v) is 8.43. The van der Waals surface area contributed by atoms with Gasteiger partial charge in [-0.2, -0.15) is 0 Å². The second-order valence-corrected chi connectivity index (χ2v) is 7.76. The zero-order valence-electron chi connectivity index (χ0n) is 8.43. The van der Waals surface area contributed by atoms with Gasteiger partial charge in [-0.25, -0.2) is 0 Å². The van der Waals surface area contributed by atoms with E-state index in [2.05, 4.69) is 5.73 Å². The third-order valence-corrected chi connectivity index (χ3v) is 8.03. The van der Waals surface area contributed by atoms with Gasteiger partial charge in [0.1, 0.15) is 0 Å². The Bertz CT molecular complexity index is 437. The van der Waals surface area contributed by atoms with Crippen LogP contribution in [0.15, 0.2) is 16.9 Å². The first-order chi connectivity index (χ1) is 7.48. The van der Waals surface area contributed by atoms with Crippen molar-refractivity contribution in [1.29, 1.82) is 0 Å². The predicted octanol–water partition coefficient (Wildman–Crippen LogP) is 1.94. The molecule has 10 fully saturated rings. The Morgan fingerprint density at radius 3 is 1.00 bits per heavy atom. The summed E-state index contributed by atoms with van der Waals surface area (Å²) >= 11 is 0. The van der Waals surface area contributed by atoms with E-state index in [9.17, 15) is 0 Å². The van der Waals surface area contributed by atoms with Crippen molar-refractivity contribution in [3.8, 4) is 0 Å². The second-order valence-electron chi connectivity index (χ2n) is 7.76. The Labute approximate surface area is 88.4 Å². The fraction of sp³-hybridized carbons (Fsp3) is 0.800. The van der Waals surface area contributed by atoms with Crippen molar-refractivity contribution in [2.45, 2.75) is 0 Å². The lowest BCUT2D eigenvalue weighted by molar-refractivity contribution is 0.434. The van der Waals surface area contributed by atoms with Crippen LogP contribution in [0.5, 0.6) is 0 Å². The first-order valence-electron chi connectivity index (χ1n) is 6.99. The maximum absolute atomic E-state index is 4.02. The van der Waals surface area contributed by atoms with Gasteiger partial charge in [-0.3, -0.25) is 0 Å². The minimum Gasteiger partial charge on any atom is -0.121 e. The zero-order chi connectivity index (χ0) is 8.79. The van der Waals surface area contributed by atoms with Crippen LogP contribution in [0.1, 0.15) is 0 Å². The Morgan fingerprint density at radius 1 is 0.467 bits per heavy atom. The van der Waals surface area contributed by atoms with Gasteiger partial charge in [0, 0.05) is 0 Å². The fourth-order valence-corrected chi connectivity index (χ4v) is 7.72. The van der Waals surface area contributed by atoms with Gasteiger partial charge < -0.3 is 0 Å². The topological polar surface area (TPSA) is 0 Å². The molecule has 0 aromatic carbocycles. The molecule has 10 aliphatic rings. The third-order valence-electron chi connectivity index (χ3n) is 8.03. The molecule has 15 heavy (non-hydrogen) atoms. The monoisotopic (exact) mass is 192 g/mol. The molecule has 0 atom stereocenters. The summed E-state index contributed by atoms with van der Waals surface area (Å²) < 4.78 is 0. The van der Waals surface area contributed by atoms with Crippen LogP contribution < -0.4 is 0 Å². The molecule has 0 heteroatoms. The fourth-order valence-electron chi connectivity index (χ4n) is 7.72. The summed E-state index contributed by atoms with van der Waals surface area (Å²) in [4.78, 5) is 0. The summed E-state index contributed by atoms with van der Waals surface area (Å²) in [6, 6.07) is 0. The van der Waals surface area contributed by atoms with Gasteiger partial charge in [-0.15, -0.1) is 5.73 Å². The highest BCUT2D eigenvalue weighted by molar-refractivity contribution is 5.55. The van der Waals surface area contributed by atoms with Gasteiger partial charge in [0.05, 0.1) is 0 Å². The molecule has 0 radical (unpaired) electrons. The van der Waals surface area contributed by atoms with E-state index in [-0.39, 0.29) is 0 Å². The van der Waals surface area contributed by atoms with Crippen LogP contribution in [0.25, 0.3) is 0 Å². The van der Waals surface area contributed by atoms with E-state index < -0.39 is 0 Å². The first-order valence-corrected chi connectivity index (χ1v) is 6.99. The van der Waals surface area contributed by atoms with E-state index in [1.807, 2.05) is 11.1 Å². The lowest BCUT2D eigenvalue weighted by atomic mass is 10.0. The van der Waals surface area contributed by atoms with E-state index in [4.69, 9.17) is 0 Å². The molecule has 10 aliphatic carbocycles. The maximum atomic E-state index is 4.02. The van der Waals surface area contributed by atoms with E-state index >= 15 is 0 Å². The summed E-state index contributed by atoms with van der Waals surface area (Å²) in [5.41, 5.74) is 7.75. The van der Waals surface area contributed by atoms with Crippen LogP contribution in [0, 0.1) is 71.0 Å². The molecule has 0 nitrogen and oxygen atoms in total. The predicted molar refractivity (Wildman–Crippen MR) is 52.4 cm³/mol. The van der Waals surface area contributed by atoms with E-state index in [1.54, 1.807) is 0 Å². The molecule has 72 valence electrons. The van der Waals surface area contributed by atoms with E-state index in [1.165, 1.54) is 47.3 Å². The molecule has 0 aliphatic heterocycles. The van der Waals surface area contributed by atoms with Gasteiger partial charge in [-0.05, 0) is 82.2 Å². The highest BCUT2D eigenvalue weighted by Gasteiger charge is 2.92. The highest BCUT2D eigenvalue weighted by atomic mass is 14.9. The summed E-state index contributed by atoms with van der Waals surface area (Å²) in [5.74, 6) is 14.1. The minimum absolute atomic E-state index is 1.10. The van der Waals surface area contributed by atoms with Crippen molar-refractivity contribution in [2.24, 2.45) is 71.0 Å². The largest absolute Gasteiger partial charge is 0.121 e. The van der Waals surface area contributed by atoms with Crippen molar-refractivity contribution < 1.29 is 0 Å². The molecule has 4 bridgehead atoms. The minimum atomic E-state index is 1.10. The molecule has 0 spiro atoms.